The Morgan fingerprint density at radius 3 is 2.69 bits per heavy atom. The predicted octanol–water partition coefficient (Wildman–Crippen LogP) is 3.38. The second kappa shape index (κ2) is 9.65. The molecule has 2 N–H and O–H groups in total. The number of benzene rings is 1. The van der Waals surface area contributed by atoms with Crippen LogP contribution in [0.1, 0.15) is 32.1 Å². The minimum atomic E-state index is 0.0374. The zero-order chi connectivity index (χ0) is 19.9. The van der Waals surface area contributed by atoms with Gasteiger partial charge in [0.25, 0.3) is 0 Å². The summed E-state index contributed by atoms with van der Waals surface area (Å²) in [5.41, 5.74) is 3.05. The number of amides is 1. The molecule has 152 valence electrons. The topological polar surface area (TPSA) is 71.8 Å². The summed E-state index contributed by atoms with van der Waals surface area (Å²) in [6, 6.07) is 8.26. The van der Waals surface area contributed by atoms with Crippen LogP contribution in [-0.4, -0.2) is 40.1 Å². The summed E-state index contributed by atoms with van der Waals surface area (Å²) in [7, 11) is 0. The summed E-state index contributed by atoms with van der Waals surface area (Å²) >= 11 is 0. The smallest absolute Gasteiger partial charge is 0.239 e. The Hall–Kier alpha value is -2.73. The fraction of sp³-hybridized carbons (Fsp3) is 0.435. The molecular formula is C23H29N5O. The lowest BCUT2D eigenvalue weighted by atomic mass is 9.89. The first-order valence-corrected chi connectivity index (χ1v) is 10.6. The van der Waals surface area contributed by atoms with E-state index < -0.39 is 0 Å². The van der Waals surface area contributed by atoms with Gasteiger partial charge in [-0.15, -0.1) is 0 Å². The largest absolute Gasteiger partial charge is 0.353 e. The van der Waals surface area contributed by atoms with Gasteiger partial charge in [-0.05, 0) is 48.4 Å². The first kappa shape index (κ1) is 19.6. The summed E-state index contributed by atoms with van der Waals surface area (Å²) < 4.78 is 1.99. The lowest BCUT2D eigenvalue weighted by Crippen LogP contribution is -2.35. The number of aromatic nitrogens is 3. The normalized spacial score (nSPS) is 14.9. The quantitative estimate of drug-likeness (QED) is 0.578. The van der Waals surface area contributed by atoms with Gasteiger partial charge in [0, 0.05) is 42.8 Å². The monoisotopic (exact) mass is 391 g/mol. The SMILES string of the molecule is O=C(Cn1ccc2ccc(-c3cncnc3)cc21)NCCNCC1CCCCC1. The lowest BCUT2D eigenvalue weighted by molar-refractivity contribution is -0.121. The Morgan fingerprint density at radius 2 is 1.86 bits per heavy atom. The molecule has 1 aromatic carbocycles. The Morgan fingerprint density at radius 1 is 1.03 bits per heavy atom. The third kappa shape index (κ3) is 5.21. The molecule has 29 heavy (non-hydrogen) atoms. The van der Waals surface area contributed by atoms with Crippen molar-refractivity contribution in [2.24, 2.45) is 5.92 Å². The van der Waals surface area contributed by atoms with Crippen LogP contribution in [0.15, 0.2) is 49.2 Å². The Kier molecular flexibility index (Phi) is 6.52. The molecule has 0 radical (unpaired) electrons. The van der Waals surface area contributed by atoms with Crippen molar-refractivity contribution in [1.82, 2.24) is 25.2 Å². The summed E-state index contributed by atoms with van der Waals surface area (Å²) in [5, 5.41) is 7.64. The van der Waals surface area contributed by atoms with Crippen molar-refractivity contribution in [3.8, 4) is 11.1 Å². The van der Waals surface area contributed by atoms with Crippen LogP contribution in [0.25, 0.3) is 22.0 Å². The molecule has 0 spiro atoms. The Labute approximate surface area is 171 Å². The molecule has 0 bridgehead atoms. The molecule has 6 nitrogen and oxygen atoms in total. The Balaban J connectivity index is 1.28. The highest BCUT2D eigenvalue weighted by Crippen LogP contribution is 2.24. The van der Waals surface area contributed by atoms with Gasteiger partial charge in [-0.1, -0.05) is 31.4 Å². The summed E-state index contributed by atoms with van der Waals surface area (Å²) in [6.07, 6.45) is 13.9. The maximum absolute atomic E-state index is 12.4. The third-order valence-corrected chi connectivity index (χ3v) is 5.76. The van der Waals surface area contributed by atoms with Gasteiger partial charge < -0.3 is 15.2 Å². The molecule has 1 aliphatic rings. The zero-order valence-corrected chi connectivity index (χ0v) is 16.8. The molecule has 6 heteroatoms. The van der Waals surface area contributed by atoms with E-state index in [-0.39, 0.29) is 5.91 Å². The van der Waals surface area contributed by atoms with Gasteiger partial charge in [-0.2, -0.15) is 0 Å². The molecular weight excluding hydrogens is 362 g/mol. The number of rotatable bonds is 8. The molecule has 2 heterocycles. The fourth-order valence-corrected chi connectivity index (χ4v) is 4.15. The first-order chi connectivity index (χ1) is 14.3. The minimum Gasteiger partial charge on any atom is -0.353 e. The zero-order valence-electron chi connectivity index (χ0n) is 16.8. The van der Waals surface area contributed by atoms with E-state index in [9.17, 15) is 4.79 Å². The van der Waals surface area contributed by atoms with Gasteiger partial charge in [0.2, 0.25) is 5.91 Å². The molecule has 0 saturated heterocycles. The van der Waals surface area contributed by atoms with E-state index in [2.05, 4.69) is 38.8 Å². The molecule has 1 aliphatic carbocycles. The van der Waals surface area contributed by atoms with E-state index >= 15 is 0 Å². The molecule has 0 aliphatic heterocycles. The summed E-state index contributed by atoms with van der Waals surface area (Å²) in [4.78, 5) is 20.6. The van der Waals surface area contributed by atoms with Crippen LogP contribution in [0.4, 0.5) is 0 Å². The van der Waals surface area contributed by atoms with Gasteiger partial charge >= 0.3 is 0 Å². The molecule has 0 atom stereocenters. The van der Waals surface area contributed by atoms with Crippen LogP contribution in [0.3, 0.4) is 0 Å². The van der Waals surface area contributed by atoms with Crippen LogP contribution in [-0.2, 0) is 11.3 Å². The van der Waals surface area contributed by atoms with Crippen molar-refractivity contribution >= 4 is 16.8 Å². The van der Waals surface area contributed by atoms with Crippen molar-refractivity contribution in [2.45, 2.75) is 38.6 Å². The average Bonchev–Trinajstić information content (AvgIpc) is 3.17. The van der Waals surface area contributed by atoms with Crippen LogP contribution in [0.2, 0.25) is 0 Å². The van der Waals surface area contributed by atoms with Crippen LogP contribution in [0.5, 0.6) is 0 Å². The van der Waals surface area contributed by atoms with Gasteiger partial charge in [-0.25, -0.2) is 9.97 Å². The van der Waals surface area contributed by atoms with Gasteiger partial charge in [0.05, 0.1) is 0 Å². The highest BCUT2D eigenvalue weighted by Gasteiger charge is 2.12. The number of carbonyl (C=O) groups excluding carboxylic acids is 1. The lowest BCUT2D eigenvalue weighted by Gasteiger charge is -2.21. The second-order valence-electron chi connectivity index (χ2n) is 7.90. The first-order valence-electron chi connectivity index (χ1n) is 10.6. The predicted molar refractivity (Wildman–Crippen MR) is 115 cm³/mol. The van der Waals surface area contributed by atoms with E-state index in [0.717, 1.165) is 41.0 Å². The van der Waals surface area contributed by atoms with E-state index in [0.29, 0.717) is 13.1 Å². The van der Waals surface area contributed by atoms with Crippen molar-refractivity contribution in [2.75, 3.05) is 19.6 Å². The standard InChI is InChI=1S/C23H29N5O/c29-23(27-10-9-24-13-18-4-2-1-3-5-18)16-28-11-8-19-6-7-20(12-22(19)28)21-14-25-17-26-15-21/h6-8,11-12,14-15,17-18,24H,1-5,9-10,13,16H2,(H,27,29). The van der Waals surface area contributed by atoms with Crippen molar-refractivity contribution < 1.29 is 4.79 Å². The van der Waals surface area contributed by atoms with Crippen LogP contribution in [0, 0.1) is 5.92 Å². The van der Waals surface area contributed by atoms with Gasteiger partial charge in [-0.3, -0.25) is 4.79 Å². The van der Waals surface area contributed by atoms with Gasteiger partial charge in [0.1, 0.15) is 12.9 Å². The maximum Gasteiger partial charge on any atom is 0.239 e. The number of nitrogens with zero attached hydrogens (tertiary/aromatic N) is 3. The van der Waals surface area contributed by atoms with Crippen molar-refractivity contribution in [3.63, 3.8) is 0 Å². The molecule has 4 rings (SSSR count). The molecule has 0 unspecified atom stereocenters. The molecule has 1 saturated carbocycles. The highest BCUT2D eigenvalue weighted by atomic mass is 16.1. The summed E-state index contributed by atoms with van der Waals surface area (Å²) in [6.45, 7) is 2.88. The molecule has 2 aromatic heterocycles. The van der Waals surface area contributed by atoms with Crippen LogP contribution < -0.4 is 10.6 Å². The van der Waals surface area contributed by atoms with E-state index in [1.807, 2.05) is 16.8 Å². The minimum absolute atomic E-state index is 0.0374. The number of fused-ring (bicyclic) bond motifs is 1. The van der Waals surface area contributed by atoms with E-state index in [1.54, 1.807) is 12.4 Å². The van der Waals surface area contributed by atoms with E-state index in [4.69, 9.17) is 0 Å². The second-order valence-corrected chi connectivity index (χ2v) is 7.90. The molecule has 3 aromatic rings. The van der Waals surface area contributed by atoms with E-state index in [1.165, 1.54) is 38.4 Å². The molecule has 1 fully saturated rings. The number of carbonyl (C=O) groups is 1. The van der Waals surface area contributed by atoms with Crippen molar-refractivity contribution in [1.29, 1.82) is 0 Å². The number of hydrogen-bond donors (Lipinski definition) is 2. The van der Waals surface area contributed by atoms with Gasteiger partial charge in [0.15, 0.2) is 0 Å². The average molecular weight is 392 g/mol. The number of nitrogens with one attached hydrogen (secondary N) is 2. The van der Waals surface area contributed by atoms with Crippen molar-refractivity contribution in [3.05, 3.63) is 49.2 Å². The highest BCUT2D eigenvalue weighted by molar-refractivity contribution is 5.87. The Bertz CT molecular complexity index is 931. The molecule has 1 amide bonds. The summed E-state index contributed by atoms with van der Waals surface area (Å²) in [5.74, 6) is 0.852. The number of hydrogen-bond acceptors (Lipinski definition) is 4. The fourth-order valence-electron chi connectivity index (χ4n) is 4.15. The maximum atomic E-state index is 12.4. The third-order valence-electron chi connectivity index (χ3n) is 5.76. The van der Waals surface area contributed by atoms with Crippen LogP contribution >= 0.6 is 0 Å².